The summed E-state index contributed by atoms with van der Waals surface area (Å²) in [7, 11) is -8.73. The van der Waals surface area contributed by atoms with Gasteiger partial charge in [0.25, 0.3) is 5.52 Å². The van der Waals surface area contributed by atoms with Crippen LogP contribution >= 0.6 is 34.2 Å². The molecule has 0 amide bonds. The van der Waals surface area contributed by atoms with E-state index in [1.54, 1.807) is 29.2 Å². The van der Waals surface area contributed by atoms with Crippen molar-refractivity contribution in [1.82, 2.24) is 0 Å². The number of allylic oxidation sites excluding steroid dienone is 2. The highest BCUT2D eigenvalue weighted by atomic mass is 127. The Labute approximate surface area is 245 Å². The van der Waals surface area contributed by atoms with E-state index in [0.29, 0.717) is 40.2 Å². The second-order valence-electron chi connectivity index (χ2n) is 8.86. The summed E-state index contributed by atoms with van der Waals surface area (Å²) in [6.07, 6.45) is 4.38. The Balaban J connectivity index is 1.71. The summed E-state index contributed by atoms with van der Waals surface area (Å²) in [5.74, 6) is 0.427. The standard InChI is InChI=1S/C25H26ClIN2O8S2/c1-2-17(13-24-28(9-3-11-38(30,31)32)20-15-18(26)5-7-22(20)36-24)14-25-29(10-4-12-39(33,34)35)21-16-19(27)6-8-23(21)37-25/h5-8,13-16H,2-4,9-12H2,1H3,(H-,30,31,32,33,34,35)/p-1. The van der Waals surface area contributed by atoms with Gasteiger partial charge in [-0.1, -0.05) is 18.5 Å². The molecule has 0 atom stereocenters. The summed E-state index contributed by atoms with van der Waals surface area (Å²) in [6.45, 7) is 2.41. The summed E-state index contributed by atoms with van der Waals surface area (Å²) >= 11 is 8.36. The SMILES string of the molecule is CCC(/C=C1\Oc2ccc(Cl)cc2N1CCCS(=O)(=O)[O-])=C\c1oc2ccc(I)cc2[n+]1CCCS(=O)(=O)[O-]. The van der Waals surface area contributed by atoms with Crippen molar-refractivity contribution < 1.29 is 39.7 Å². The Bertz CT molecular complexity index is 1670. The van der Waals surface area contributed by atoms with Gasteiger partial charge in [-0.3, -0.25) is 0 Å². The third-order valence-corrected chi connectivity index (χ3v) is 8.45. The minimum absolute atomic E-state index is 0.0918. The van der Waals surface area contributed by atoms with Crippen molar-refractivity contribution in [2.75, 3.05) is 23.0 Å². The number of hydrogen-bond donors (Lipinski definition) is 0. The van der Waals surface area contributed by atoms with Crippen LogP contribution in [0.2, 0.25) is 5.02 Å². The Kier molecular flexibility index (Phi) is 9.28. The maximum absolute atomic E-state index is 11.2. The second-order valence-corrected chi connectivity index (χ2v) is 13.6. The Morgan fingerprint density at radius 3 is 2.49 bits per heavy atom. The van der Waals surface area contributed by atoms with Gasteiger partial charge in [0.05, 0.1) is 32.0 Å². The highest BCUT2D eigenvalue weighted by molar-refractivity contribution is 14.1. The van der Waals surface area contributed by atoms with E-state index in [4.69, 9.17) is 20.8 Å². The topological polar surface area (TPSA) is 144 Å². The third-order valence-electron chi connectivity index (χ3n) is 5.96. The van der Waals surface area contributed by atoms with E-state index in [-0.39, 0.29) is 25.9 Å². The van der Waals surface area contributed by atoms with Crippen LogP contribution in [0.15, 0.2) is 58.3 Å². The first kappa shape index (κ1) is 29.8. The zero-order valence-corrected chi connectivity index (χ0v) is 25.3. The average Bonchev–Trinajstić information content (AvgIpc) is 3.34. The molecule has 10 nitrogen and oxygen atoms in total. The first-order chi connectivity index (χ1) is 18.3. The predicted octanol–water partition coefficient (Wildman–Crippen LogP) is 4.38. The lowest BCUT2D eigenvalue weighted by Gasteiger charge is -2.19. The molecule has 2 aromatic carbocycles. The fourth-order valence-electron chi connectivity index (χ4n) is 4.19. The van der Waals surface area contributed by atoms with Crippen molar-refractivity contribution in [3.8, 4) is 5.75 Å². The van der Waals surface area contributed by atoms with E-state index in [1.165, 1.54) is 0 Å². The first-order valence-electron chi connectivity index (χ1n) is 12.0. The van der Waals surface area contributed by atoms with Gasteiger partial charge in [-0.05, 0) is 71.3 Å². The van der Waals surface area contributed by atoms with Crippen LogP contribution in [0.3, 0.4) is 0 Å². The quantitative estimate of drug-likeness (QED) is 0.161. The smallest absolute Gasteiger partial charge is 0.374 e. The molecule has 14 heteroatoms. The summed E-state index contributed by atoms with van der Waals surface area (Å²) < 4.78 is 81.9. The number of ether oxygens (including phenoxy) is 1. The summed E-state index contributed by atoms with van der Waals surface area (Å²) in [6, 6.07) is 10.7. The molecule has 0 aliphatic carbocycles. The number of rotatable bonds is 11. The zero-order valence-electron chi connectivity index (χ0n) is 20.8. The molecule has 0 unspecified atom stereocenters. The number of nitrogens with zero attached hydrogens (tertiary/aromatic N) is 2. The number of benzene rings is 2. The van der Waals surface area contributed by atoms with Gasteiger partial charge in [0.1, 0.15) is 0 Å². The number of halogens is 2. The lowest BCUT2D eigenvalue weighted by Crippen LogP contribution is -2.36. The van der Waals surface area contributed by atoms with Gasteiger partial charge in [-0.2, -0.15) is 4.57 Å². The van der Waals surface area contributed by atoms with Crippen LogP contribution in [0.25, 0.3) is 17.2 Å². The van der Waals surface area contributed by atoms with Crippen LogP contribution in [-0.2, 0) is 26.8 Å². The van der Waals surface area contributed by atoms with Crippen molar-refractivity contribution in [1.29, 1.82) is 0 Å². The number of aromatic nitrogens is 1. The molecule has 0 radical (unpaired) electrons. The largest absolute Gasteiger partial charge is 0.748 e. The van der Waals surface area contributed by atoms with Crippen LogP contribution in [0.5, 0.6) is 5.75 Å². The van der Waals surface area contributed by atoms with Gasteiger partial charge in [0.2, 0.25) is 11.5 Å². The van der Waals surface area contributed by atoms with Crippen LogP contribution in [0.4, 0.5) is 5.69 Å². The molecule has 0 saturated heterocycles. The number of hydrogen-bond acceptors (Lipinski definition) is 9. The molecule has 210 valence electrons. The van der Waals surface area contributed by atoms with Crippen LogP contribution in [0, 0.1) is 3.57 Å². The lowest BCUT2D eigenvalue weighted by molar-refractivity contribution is -0.677. The summed E-state index contributed by atoms with van der Waals surface area (Å²) in [4.78, 5) is 1.77. The van der Waals surface area contributed by atoms with Crippen molar-refractivity contribution in [3.63, 3.8) is 0 Å². The summed E-state index contributed by atoms with van der Waals surface area (Å²) in [5.41, 5.74) is 2.82. The van der Waals surface area contributed by atoms with Crippen molar-refractivity contribution in [3.05, 3.63) is 68.4 Å². The Hall–Kier alpha value is -2.17. The maximum Gasteiger partial charge on any atom is 0.374 e. The van der Waals surface area contributed by atoms with Gasteiger partial charge in [-0.25, -0.2) is 16.8 Å². The molecule has 4 rings (SSSR count). The van der Waals surface area contributed by atoms with Gasteiger partial charge < -0.3 is 23.2 Å². The molecule has 0 fully saturated rings. The fraction of sp³-hybridized carbons (Fsp3) is 0.320. The average molecular weight is 708 g/mol. The van der Waals surface area contributed by atoms with Crippen molar-refractivity contribution >= 4 is 77.3 Å². The van der Waals surface area contributed by atoms with Crippen LogP contribution < -0.4 is 14.2 Å². The first-order valence-corrected chi connectivity index (χ1v) is 16.6. The lowest BCUT2D eigenvalue weighted by atomic mass is 10.1. The van der Waals surface area contributed by atoms with E-state index < -0.39 is 31.7 Å². The molecule has 39 heavy (non-hydrogen) atoms. The molecule has 1 aliphatic heterocycles. The van der Waals surface area contributed by atoms with Crippen LogP contribution in [0.1, 0.15) is 32.1 Å². The number of anilines is 1. The van der Waals surface area contributed by atoms with Gasteiger partial charge in [0, 0.05) is 45.2 Å². The third kappa shape index (κ3) is 7.95. The van der Waals surface area contributed by atoms with Crippen molar-refractivity contribution in [2.24, 2.45) is 0 Å². The maximum atomic E-state index is 11.2. The molecular weight excluding hydrogens is 683 g/mol. The monoisotopic (exact) mass is 707 g/mol. The number of aryl methyl sites for hydroxylation is 1. The van der Waals surface area contributed by atoms with E-state index in [1.807, 2.05) is 35.8 Å². The Morgan fingerprint density at radius 2 is 1.79 bits per heavy atom. The minimum Gasteiger partial charge on any atom is -0.748 e. The highest BCUT2D eigenvalue weighted by Crippen LogP contribution is 2.41. The Morgan fingerprint density at radius 1 is 1.08 bits per heavy atom. The predicted molar refractivity (Wildman–Crippen MR) is 153 cm³/mol. The number of oxazole rings is 1. The molecule has 0 spiro atoms. The van der Waals surface area contributed by atoms with Gasteiger partial charge in [-0.15, -0.1) is 0 Å². The molecule has 0 bridgehead atoms. The normalized spacial score (nSPS) is 15.3. The molecular formula is C25H25ClIN2O8S2-. The van der Waals surface area contributed by atoms with Crippen LogP contribution in [-0.4, -0.2) is 44.0 Å². The van der Waals surface area contributed by atoms with Gasteiger partial charge >= 0.3 is 5.89 Å². The number of fused-ring (bicyclic) bond motifs is 2. The molecule has 3 aromatic rings. The van der Waals surface area contributed by atoms with E-state index in [9.17, 15) is 25.9 Å². The van der Waals surface area contributed by atoms with E-state index in [2.05, 4.69) is 22.6 Å². The molecule has 0 saturated carbocycles. The molecule has 1 aromatic heterocycles. The van der Waals surface area contributed by atoms with Crippen molar-refractivity contribution in [2.45, 2.75) is 32.7 Å². The molecule has 0 N–H and O–H groups in total. The van der Waals surface area contributed by atoms with E-state index >= 15 is 0 Å². The van der Waals surface area contributed by atoms with Gasteiger partial charge in [0.15, 0.2) is 12.3 Å². The zero-order chi connectivity index (χ0) is 28.4. The highest BCUT2D eigenvalue weighted by Gasteiger charge is 2.27. The molecule has 2 heterocycles. The minimum atomic E-state index is -4.37. The second kappa shape index (κ2) is 12.1. The van der Waals surface area contributed by atoms with E-state index in [0.717, 1.165) is 14.7 Å². The summed E-state index contributed by atoms with van der Waals surface area (Å²) in [5, 5.41) is 0.476. The fourth-order valence-corrected chi connectivity index (χ4v) is 5.79. The molecule has 1 aliphatic rings.